The van der Waals surface area contributed by atoms with Crippen LogP contribution in [-0.4, -0.2) is 6.18 Å². The van der Waals surface area contributed by atoms with Crippen LogP contribution in [0.3, 0.4) is 0 Å². The Morgan fingerprint density at radius 1 is 1.25 bits per heavy atom. The molecule has 1 aliphatic rings. The second kappa shape index (κ2) is 5.12. The van der Waals surface area contributed by atoms with Gasteiger partial charge >= 0.3 is 6.18 Å². The summed E-state index contributed by atoms with van der Waals surface area (Å²) in [6.45, 7) is 3.92. The van der Waals surface area contributed by atoms with Crippen LogP contribution < -0.4 is 0 Å². The molecular formula is C16H16F4. The summed E-state index contributed by atoms with van der Waals surface area (Å²) >= 11 is 0. The minimum absolute atomic E-state index is 0.0387. The van der Waals surface area contributed by atoms with Crippen LogP contribution in [0.5, 0.6) is 0 Å². The molecular weight excluding hydrogens is 268 g/mol. The Bertz CT molecular complexity index is 556. The first kappa shape index (κ1) is 14.9. The van der Waals surface area contributed by atoms with E-state index in [9.17, 15) is 17.6 Å². The average molecular weight is 284 g/mol. The molecule has 1 saturated carbocycles. The normalized spacial score (nSPS) is 18.1. The second-order valence-corrected chi connectivity index (χ2v) is 5.41. The molecule has 0 N–H and O–H groups in total. The van der Waals surface area contributed by atoms with Crippen LogP contribution in [0.25, 0.3) is 0 Å². The third kappa shape index (κ3) is 2.98. The Morgan fingerprint density at radius 3 is 2.40 bits per heavy atom. The summed E-state index contributed by atoms with van der Waals surface area (Å²) in [7, 11) is 0. The highest BCUT2D eigenvalue weighted by Crippen LogP contribution is 2.57. The molecule has 1 aliphatic carbocycles. The molecule has 1 aromatic carbocycles. The van der Waals surface area contributed by atoms with Crippen LogP contribution in [0.15, 0.2) is 18.2 Å². The van der Waals surface area contributed by atoms with E-state index in [2.05, 4.69) is 11.8 Å². The first-order valence-electron chi connectivity index (χ1n) is 6.68. The molecule has 20 heavy (non-hydrogen) atoms. The molecule has 0 aromatic heterocycles. The maximum atomic E-state index is 13.5. The first-order chi connectivity index (χ1) is 9.27. The average Bonchev–Trinajstić information content (AvgIpc) is 3.15. The largest absolute Gasteiger partial charge is 0.405 e. The van der Waals surface area contributed by atoms with Crippen LogP contribution >= 0.6 is 0 Å². The number of hydrogen-bond acceptors (Lipinski definition) is 0. The molecule has 0 heterocycles. The Kier molecular flexibility index (Phi) is 3.82. The summed E-state index contributed by atoms with van der Waals surface area (Å²) in [6.07, 6.45) is -3.39. The van der Waals surface area contributed by atoms with Gasteiger partial charge in [0.15, 0.2) is 0 Å². The van der Waals surface area contributed by atoms with Crippen LogP contribution in [0, 0.1) is 23.1 Å². The molecule has 0 radical (unpaired) electrons. The molecule has 2 rings (SSSR count). The van der Waals surface area contributed by atoms with Crippen molar-refractivity contribution in [3.63, 3.8) is 0 Å². The van der Waals surface area contributed by atoms with Crippen molar-refractivity contribution >= 4 is 0 Å². The van der Waals surface area contributed by atoms with Gasteiger partial charge in [-0.25, -0.2) is 4.39 Å². The number of halogens is 4. The van der Waals surface area contributed by atoms with E-state index in [1.54, 1.807) is 6.07 Å². The van der Waals surface area contributed by atoms with Gasteiger partial charge < -0.3 is 0 Å². The van der Waals surface area contributed by atoms with Crippen LogP contribution in [-0.2, 0) is 0 Å². The predicted octanol–water partition coefficient (Wildman–Crippen LogP) is 5.03. The van der Waals surface area contributed by atoms with E-state index < -0.39 is 17.4 Å². The lowest BCUT2D eigenvalue weighted by atomic mass is 9.96. The van der Waals surface area contributed by atoms with Gasteiger partial charge in [-0.3, -0.25) is 0 Å². The van der Waals surface area contributed by atoms with Gasteiger partial charge in [-0.05, 0) is 48.9 Å². The van der Waals surface area contributed by atoms with Gasteiger partial charge in [0.2, 0.25) is 0 Å². The smallest absolute Gasteiger partial charge is 0.207 e. The Labute approximate surface area is 116 Å². The Morgan fingerprint density at radius 2 is 1.90 bits per heavy atom. The van der Waals surface area contributed by atoms with Crippen molar-refractivity contribution in [3.05, 3.63) is 35.1 Å². The molecule has 4 heteroatoms. The first-order valence-corrected chi connectivity index (χ1v) is 6.68. The Balaban J connectivity index is 2.30. The van der Waals surface area contributed by atoms with Gasteiger partial charge in [0.05, 0.1) is 0 Å². The SMILES string of the molecule is CCC(C)c1cc(F)cc(C#CC2(C(F)(F)F)CC2)c1. The maximum absolute atomic E-state index is 13.5. The molecule has 108 valence electrons. The highest BCUT2D eigenvalue weighted by molar-refractivity contribution is 5.41. The van der Waals surface area contributed by atoms with Crippen molar-refractivity contribution in [2.75, 3.05) is 0 Å². The van der Waals surface area contributed by atoms with Crippen LogP contribution in [0.4, 0.5) is 17.6 Å². The van der Waals surface area contributed by atoms with Gasteiger partial charge in [0, 0.05) is 5.56 Å². The molecule has 0 spiro atoms. The fourth-order valence-electron chi connectivity index (χ4n) is 2.00. The predicted molar refractivity (Wildman–Crippen MR) is 69.7 cm³/mol. The molecule has 1 unspecified atom stereocenters. The minimum atomic E-state index is -4.30. The number of alkyl halides is 3. The fourth-order valence-corrected chi connectivity index (χ4v) is 2.00. The van der Waals surface area contributed by atoms with Crippen LogP contribution in [0.1, 0.15) is 50.2 Å². The zero-order valence-corrected chi connectivity index (χ0v) is 11.4. The lowest BCUT2D eigenvalue weighted by Gasteiger charge is -2.12. The van der Waals surface area contributed by atoms with Crippen LogP contribution in [0.2, 0.25) is 0 Å². The highest BCUT2D eigenvalue weighted by atomic mass is 19.4. The molecule has 0 bridgehead atoms. The van der Waals surface area contributed by atoms with Gasteiger partial charge in [-0.15, -0.1) is 0 Å². The third-order valence-electron chi connectivity index (χ3n) is 3.84. The minimum Gasteiger partial charge on any atom is -0.207 e. The standard InChI is InChI=1S/C16H16F4/c1-3-11(2)13-8-12(9-14(17)10-13)4-5-15(6-7-15)16(18,19)20/h8-11H,3,6-7H2,1-2H3. The van der Waals surface area contributed by atoms with E-state index in [-0.39, 0.29) is 18.8 Å². The van der Waals surface area contributed by atoms with Gasteiger partial charge in [0.25, 0.3) is 0 Å². The number of hydrogen-bond donors (Lipinski definition) is 0. The summed E-state index contributed by atoms with van der Waals surface area (Å²) in [5, 5.41) is 0. The van der Waals surface area contributed by atoms with E-state index in [1.165, 1.54) is 12.1 Å². The Hall–Kier alpha value is -1.50. The topological polar surface area (TPSA) is 0 Å². The number of rotatable bonds is 2. The van der Waals surface area contributed by atoms with Gasteiger partial charge in [-0.2, -0.15) is 13.2 Å². The number of benzene rings is 1. The third-order valence-corrected chi connectivity index (χ3v) is 3.84. The van der Waals surface area contributed by atoms with Crippen molar-refractivity contribution in [1.82, 2.24) is 0 Å². The summed E-state index contributed by atoms with van der Waals surface area (Å²) in [5.74, 6) is 4.50. The van der Waals surface area contributed by atoms with Gasteiger partial charge in [-0.1, -0.05) is 25.7 Å². The summed E-state index contributed by atoms with van der Waals surface area (Å²) in [4.78, 5) is 0. The molecule has 0 amide bonds. The summed E-state index contributed by atoms with van der Waals surface area (Å²) < 4.78 is 51.8. The summed E-state index contributed by atoms with van der Waals surface area (Å²) in [6, 6.07) is 4.28. The zero-order valence-electron chi connectivity index (χ0n) is 11.4. The quantitative estimate of drug-likeness (QED) is 0.527. The monoisotopic (exact) mass is 284 g/mol. The van der Waals surface area contributed by atoms with Gasteiger partial charge in [0.1, 0.15) is 11.2 Å². The van der Waals surface area contributed by atoms with E-state index in [1.807, 2.05) is 13.8 Å². The van der Waals surface area contributed by atoms with E-state index >= 15 is 0 Å². The molecule has 0 nitrogen and oxygen atoms in total. The maximum Gasteiger partial charge on any atom is 0.405 e. The van der Waals surface area contributed by atoms with Crippen molar-refractivity contribution in [1.29, 1.82) is 0 Å². The van der Waals surface area contributed by atoms with Crippen molar-refractivity contribution < 1.29 is 17.6 Å². The molecule has 1 fully saturated rings. The summed E-state index contributed by atoms with van der Waals surface area (Å²) in [5.41, 5.74) is -0.778. The molecule has 1 atom stereocenters. The highest BCUT2D eigenvalue weighted by Gasteiger charge is 2.62. The van der Waals surface area contributed by atoms with E-state index in [0.717, 1.165) is 12.0 Å². The lowest BCUT2D eigenvalue weighted by Crippen LogP contribution is -2.22. The lowest BCUT2D eigenvalue weighted by molar-refractivity contribution is -0.168. The van der Waals surface area contributed by atoms with Crippen molar-refractivity contribution in [2.24, 2.45) is 5.41 Å². The van der Waals surface area contributed by atoms with E-state index in [4.69, 9.17) is 0 Å². The van der Waals surface area contributed by atoms with Crippen molar-refractivity contribution in [3.8, 4) is 11.8 Å². The molecule has 0 saturated heterocycles. The van der Waals surface area contributed by atoms with E-state index in [0.29, 0.717) is 5.56 Å². The molecule has 1 aromatic rings. The zero-order chi connectivity index (χ0) is 15.0. The molecule has 0 aliphatic heterocycles. The fraction of sp³-hybridized carbons (Fsp3) is 0.500. The second-order valence-electron chi connectivity index (χ2n) is 5.41. The van der Waals surface area contributed by atoms with Crippen molar-refractivity contribution in [2.45, 2.75) is 45.2 Å².